The molecule has 1 aromatic carbocycles. The highest BCUT2D eigenvalue weighted by Crippen LogP contribution is 2.23. The molecular formula is C17H19N5. The van der Waals surface area contributed by atoms with Crippen molar-refractivity contribution in [1.82, 2.24) is 19.5 Å². The van der Waals surface area contributed by atoms with E-state index in [1.165, 1.54) is 5.56 Å². The van der Waals surface area contributed by atoms with Gasteiger partial charge in [0.1, 0.15) is 0 Å². The SMILES string of the molecule is N[C@H]1CCN(Cc2cnc3c(-c4ccccc4)cnn3c2)C1. The van der Waals surface area contributed by atoms with Gasteiger partial charge >= 0.3 is 0 Å². The van der Waals surface area contributed by atoms with Gasteiger partial charge in [-0.1, -0.05) is 30.3 Å². The first-order valence-corrected chi connectivity index (χ1v) is 7.65. The van der Waals surface area contributed by atoms with E-state index in [0.717, 1.165) is 42.8 Å². The van der Waals surface area contributed by atoms with Crippen LogP contribution in [-0.4, -0.2) is 38.6 Å². The average Bonchev–Trinajstić information content (AvgIpc) is 3.14. The maximum atomic E-state index is 5.96. The Morgan fingerprint density at radius 3 is 2.82 bits per heavy atom. The molecule has 2 aromatic heterocycles. The van der Waals surface area contributed by atoms with Gasteiger partial charge in [0, 0.05) is 49.2 Å². The van der Waals surface area contributed by atoms with Crippen molar-refractivity contribution in [1.29, 1.82) is 0 Å². The van der Waals surface area contributed by atoms with Crippen LogP contribution in [0.4, 0.5) is 0 Å². The third-order valence-corrected chi connectivity index (χ3v) is 4.21. The number of rotatable bonds is 3. The first kappa shape index (κ1) is 13.4. The maximum Gasteiger partial charge on any atom is 0.162 e. The van der Waals surface area contributed by atoms with Crippen LogP contribution in [-0.2, 0) is 6.54 Å². The molecule has 112 valence electrons. The highest BCUT2D eigenvalue weighted by Gasteiger charge is 2.19. The van der Waals surface area contributed by atoms with Crippen LogP contribution < -0.4 is 5.73 Å². The van der Waals surface area contributed by atoms with E-state index in [1.807, 2.05) is 35.1 Å². The predicted octanol–water partition coefficient (Wildman–Crippen LogP) is 1.93. The first-order valence-electron chi connectivity index (χ1n) is 7.65. The summed E-state index contributed by atoms with van der Waals surface area (Å²) in [7, 11) is 0. The van der Waals surface area contributed by atoms with Crippen LogP contribution in [0.3, 0.4) is 0 Å². The third kappa shape index (κ3) is 2.49. The molecule has 0 unspecified atom stereocenters. The summed E-state index contributed by atoms with van der Waals surface area (Å²) >= 11 is 0. The van der Waals surface area contributed by atoms with Crippen molar-refractivity contribution in [3.05, 3.63) is 54.5 Å². The molecule has 1 fully saturated rings. The molecule has 0 aliphatic carbocycles. The molecule has 0 saturated carbocycles. The molecule has 5 heteroatoms. The van der Waals surface area contributed by atoms with E-state index in [-0.39, 0.29) is 0 Å². The zero-order valence-corrected chi connectivity index (χ0v) is 12.4. The van der Waals surface area contributed by atoms with Crippen LogP contribution in [0.5, 0.6) is 0 Å². The summed E-state index contributed by atoms with van der Waals surface area (Å²) in [6.45, 7) is 2.91. The number of benzene rings is 1. The number of aromatic nitrogens is 3. The minimum Gasteiger partial charge on any atom is -0.326 e. The predicted molar refractivity (Wildman–Crippen MR) is 86.3 cm³/mol. The van der Waals surface area contributed by atoms with E-state index in [2.05, 4.69) is 33.3 Å². The molecule has 2 N–H and O–H groups in total. The largest absolute Gasteiger partial charge is 0.326 e. The Morgan fingerprint density at radius 1 is 1.18 bits per heavy atom. The number of likely N-dealkylation sites (tertiary alicyclic amines) is 1. The zero-order chi connectivity index (χ0) is 14.9. The second-order valence-corrected chi connectivity index (χ2v) is 5.94. The van der Waals surface area contributed by atoms with E-state index in [4.69, 9.17) is 5.73 Å². The molecule has 0 spiro atoms. The summed E-state index contributed by atoms with van der Waals surface area (Å²) < 4.78 is 1.87. The number of nitrogens with two attached hydrogens (primary N) is 1. The van der Waals surface area contributed by atoms with E-state index in [0.29, 0.717) is 6.04 Å². The van der Waals surface area contributed by atoms with Gasteiger partial charge in [0.15, 0.2) is 5.65 Å². The van der Waals surface area contributed by atoms with E-state index in [1.54, 1.807) is 0 Å². The fraction of sp³-hybridized carbons (Fsp3) is 0.294. The van der Waals surface area contributed by atoms with Crippen molar-refractivity contribution in [2.24, 2.45) is 5.73 Å². The summed E-state index contributed by atoms with van der Waals surface area (Å²) in [6, 6.07) is 10.6. The van der Waals surface area contributed by atoms with Crippen molar-refractivity contribution >= 4 is 5.65 Å². The quantitative estimate of drug-likeness (QED) is 0.801. The van der Waals surface area contributed by atoms with Crippen molar-refractivity contribution in [3.8, 4) is 11.1 Å². The Morgan fingerprint density at radius 2 is 2.05 bits per heavy atom. The van der Waals surface area contributed by atoms with Crippen LogP contribution in [0, 0.1) is 0 Å². The Kier molecular flexibility index (Phi) is 3.36. The lowest BCUT2D eigenvalue weighted by molar-refractivity contribution is 0.326. The Labute approximate surface area is 129 Å². The molecule has 22 heavy (non-hydrogen) atoms. The molecule has 1 saturated heterocycles. The number of hydrogen-bond acceptors (Lipinski definition) is 4. The molecule has 0 amide bonds. The summed E-state index contributed by atoms with van der Waals surface area (Å²) in [5.41, 5.74) is 10.2. The van der Waals surface area contributed by atoms with Gasteiger partial charge in [0.2, 0.25) is 0 Å². The molecule has 4 rings (SSSR count). The van der Waals surface area contributed by atoms with Gasteiger partial charge in [-0.05, 0) is 12.0 Å². The van der Waals surface area contributed by atoms with Crippen LogP contribution in [0.25, 0.3) is 16.8 Å². The Balaban J connectivity index is 1.63. The van der Waals surface area contributed by atoms with Gasteiger partial charge in [-0.15, -0.1) is 0 Å². The fourth-order valence-corrected chi connectivity index (χ4v) is 3.08. The second-order valence-electron chi connectivity index (χ2n) is 5.94. The molecule has 3 aromatic rings. The molecule has 1 aliphatic rings. The minimum atomic E-state index is 0.311. The molecule has 0 radical (unpaired) electrons. The minimum absolute atomic E-state index is 0.311. The molecule has 3 heterocycles. The third-order valence-electron chi connectivity index (χ3n) is 4.21. The maximum absolute atomic E-state index is 5.96. The summed E-state index contributed by atoms with van der Waals surface area (Å²) in [5, 5.41) is 4.46. The molecule has 0 bridgehead atoms. The van der Waals surface area contributed by atoms with Crippen LogP contribution in [0.15, 0.2) is 48.9 Å². The molecule has 1 aliphatic heterocycles. The average molecular weight is 293 g/mol. The topological polar surface area (TPSA) is 59.5 Å². The number of fused-ring (bicyclic) bond motifs is 1. The van der Waals surface area contributed by atoms with Gasteiger partial charge in [-0.25, -0.2) is 9.50 Å². The molecule has 1 atom stereocenters. The van der Waals surface area contributed by atoms with Gasteiger partial charge in [0.05, 0.1) is 6.20 Å². The van der Waals surface area contributed by atoms with E-state index >= 15 is 0 Å². The van der Waals surface area contributed by atoms with Crippen molar-refractivity contribution < 1.29 is 0 Å². The van der Waals surface area contributed by atoms with Gasteiger partial charge < -0.3 is 5.73 Å². The van der Waals surface area contributed by atoms with Crippen molar-refractivity contribution in [2.75, 3.05) is 13.1 Å². The standard InChI is InChI=1S/C17H19N5/c18-15-6-7-21(12-15)10-13-8-19-17-16(9-20-22(17)11-13)14-4-2-1-3-5-14/h1-5,8-9,11,15H,6-7,10,12,18H2/t15-/m0/s1. The molecular weight excluding hydrogens is 274 g/mol. The summed E-state index contributed by atoms with van der Waals surface area (Å²) in [6.07, 6.45) is 6.98. The Bertz CT molecular complexity index is 780. The molecule has 5 nitrogen and oxygen atoms in total. The van der Waals surface area contributed by atoms with Gasteiger partial charge in [-0.3, -0.25) is 4.90 Å². The summed E-state index contributed by atoms with van der Waals surface area (Å²) in [4.78, 5) is 6.99. The fourth-order valence-electron chi connectivity index (χ4n) is 3.08. The lowest BCUT2D eigenvalue weighted by atomic mass is 10.1. The van der Waals surface area contributed by atoms with E-state index < -0.39 is 0 Å². The van der Waals surface area contributed by atoms with Gasteiger partial charge in [0.25, 0.3) is 0 Å². The monoisotopic (exact) mass is 293 g/mol. The smallest absolute Gasteiger partial charge is 0.162 e. The second kappa shape index (κ2) is 5.51. The van der Waals surface area contributed by atoms with Crippen LogP contribution in [0.1, 0.15) is 12.0 Å². The normalized spacial score (nSPS) is 19.0. The van der Waals surface area contributed by atoms with Crippen molar-refractivity contribution in [3.63, 3.8) is 0 Å². The lowest BCUT2D eigenvalue weighted by Crippen LogP contribution is -2.26. The first-order chi connectivity index (χ1) is 10.8. The van der Waals surface area contributed by atoms with Gasteiger partial charge in [-0.2, -0.15) is 5.10 Å². The summed E-state index contributed by atoms with van der Waals surface area (Å²) in [5.74, 6) is 0. The number of hydrogen-bond donors (Lipinski definition) is 1. The van der Waals surface area contributed by atoms with E-state index in [9.17, 15) is 0 Å². The highest BCUT2D eigenvalue weighted by molar-refractivity contribution is 5.76. The van der Waals surface area contributed by atoms with Crippen LogP contribution >= 0.6 is 0 Å². The Hall–Kier alpha value is -2.24. The highest BCUT2D eigenvalue weighted by atomic mass is 15.2. The zero-order valence-electron chi connectivity index (χ0n) is 12.4. The van der Waals surface area contributed by atoms with Crippen molar-refractivity contribution in [2.45, 2.75) is 19.0 Å². The van der Waals surface area contributed by atoms with Crippen LogP contribution in [0.2, 0.25) is 0 Å². The lowest BCUT2D eigenvalue weighted by Gasteiger charge is -2.14. The number of nitrogens with zero attached hydrogens (tertiary/aromatic N) is 4.